The molecule has 0 saturated heterocycles. The highest BCUT2D eigenvalue weighted by Crippen LogP contribution is 2.15. The van der Waals surface area contributed by atoms with Crippen molar-refractivity contribution in [3.05, 3.63) is 56.0 Å². The van der Waals surface area contributed by atoms with Gasteiger partial charge in [-0.1, -0.05) is 0 Å². The van der Waals surface area contributed by atoms with Crippen LogP contribution in [0.4, 0.5) is 11.4 Å². The summed E-state index contributed by atoms with van der Waals surface area (Å²) in [5.74, 6) is 0.633. The number of nitro groups is 1. The van der Waals surface area contributed by atoms with Gasteiger partial charge in [0.05, 0.1) is 16.8 Å². The summed E-state index contributed by atoms with van der Waals surface area (Å²) in [6, 6.07) is 9.61. The third-order valence-corrected chi connectivity index (χ3v) is 2.64. The molecule has 0 amide bonds. The summed E-state index contributed by atoms with van der Waals surface area (Å²) in [7, 11) is 0. The number of rotatable bonds is 4. The number of hydrogen-bond acceptors (Lipinski definition) is 5. The molecule has 0 atom stereocenters. The van der Waals surface area contributed by atoms with Gasteiger partial charge in [0.15, 0.2) is 3.77 Å². The fourth-order valence-electron chi connectivity index (χ4n) is 1.23. The Labute approximate surface area is 116 Å². The lowest BCUT2D eigenvalue weighted by molar-refractivity contribution is -0.384. The number of anilines is 1. The molecule has 6 nitrogen and oxygen atoms in total. The zero-order valence-corrected chi connectivity index (χ0v) is 11.2. The number of hydrazone groups is 1. The number of nitrogens with zero attached hydrogens (tertiary/aromatic N) is 2. The van der Waals surface area contributed by atoms with Crippen molar-refractivity contribution >= 4 is 40.2 Å². The highest BCUT2D eigenvalue weighted by molar-refractivity contribution is 14.1. The number of nitro benzene ring substituents is 1. The average molecular weight is 357 g/mol. The Bertz CT molecular complexity index is 577. The number of non-ortho nitro benzene ring substituents is 1. The van der Waals surface area contributed by atoms with E-state index in [0.717, 1.165) is 3.77 Å². The number of furan rings is 1. The zero-order valence-electron chi connectivity index (χ0n) is 9.04. The Hall–Kier alpha value is -1.90. The molecule has 0 saturated carbocycles. The summed E-state index contributed by atoms with van der Waals surface area (Å²) in [5, 5.41) is 14.4. The van der Waals surface area contributed by atoms with Gasteiger partial charge >= 0.3 is 0 Å². The first kappa shape index (κ1) is 12.6. The number of nitrogens with one attached hydrogen (secondary N) is 1. The van der Waals surface area contributed by atoms with Crippen molar-refractivity contribution in [3.8, 4) is 0 Å². The second-order valence-electron chi connectivity index (χ2n) is 3.32. The second kappa shape index (κ2) is 5.63. The Morgan fingerprint density at radius 1 is 1.28 bits per heavy atom. The Morgan fingerprint density at radius 3 is 2.56 bits per heavy atom. The molecule has 0 aliphatic heterocycles. The summed E-state index contributed by atoms with van der Waals surface area (Å²) in [6.07, 6.45) is 1.53. The van der Waals surface area contributed by atoms with Crippen LogP contribution in [0, 0.1) is 13.9 Å². The molecule has 0 radical (unpaired) electrons. The van der Waals surface area contributed by atoms with Gasteiger partial charge in [-0.2, -0.15) is 5.10 Å². The lowest BCUT2D eigenvalue weighted by atomic mass is 10.3. The van der Waals surface area contributed by atoms with Crippen LogP contribution < -0.4 is 5.43 Å². The molecule has 7 heteroatoms. The van der Waals surface area contributed by atoms with Crippen molar-refractivity contribution in [1.29, 1.82) is 0 Å². The normalized spacial score (nSPS) is 10.7. The fraction of sp³-hybridized carbons (Fsp3) is 0. The lowest BCUT2D eigenvalue weighted by Gasteiger charge is -1.98. The van der Waals surface area contributed by atoms with Crippen LogP contribution in [0.2, 0.25) is 0 Å². The lowest BCUT2D eigenvalue weighted by Crippen LogP contribution is -1.91. The number of benzene rings is 1. The highest BCUT2D eigenvalue weighted by atomic mass is 127. The molecule has 0 spiro atoms. The molecule has 1 N–H and O–H groups in total. The van der Waals surface area contributed by atoms with Crippen molar-refractivity contribution in [2.24, 2.45) is 5.10 Å². The van der Waals surface area contributed by atoms with Gasteiger partial charge in [0, 0.05) is 12.1 Å². The Kier molecular flexibility index (Phi) is 3.92. The molecule has 92 valence electrons. The molecule has 2 aromatic rings. The minimum atomic E-state index is -0.447. The van der Waals surface area contributed by atoms with Crippen molar-refractivity contribution < 1.29 is 9.34 Å². The second-order valence-corrected chi connectivity index (χ2v) is 4.38. The van der Waals surface area contributed by atoms with Crippen LogP contribution in [0.15, 0.2) is 45.9 Å². The first-order valence-electron chi connectivity index (χ1n) is 4.94. The van der Waals surface area contributed by atoms with Crippen molar-refractivity contribution in [2.45, 2.75) is 0 Å². The standard InChI is InChI=1S/C11H8IN3O3/c12-11-6-5-10(18-11)7-13-14-8-1-3-9(4-2-8)15(16)17/h1-7,14H/b13-7-. The van der Waals surface area contributed by atoms with E-state index in [1.54, 1.807) is 18.2 Å². The largest absolute Gasteiger partial charge is 0.449 e. The summed E-state index contributed by atoms with van der Waals surface area (Å²) in [5.41, 5.74) is 3.46. The van der Waals surface area contributed by atoms with Gasteiger partial charge in [0.2, 0.25) is 0 Å². The van der Waals surface area contributed by atoms with Gasteiger partial charge in [-0.3, -0.25) is 15.5 Å². The average Bonchev–Trinajstić information content (AvgIpc) is 2.76. The molecule has 0 aliphatic carbocycles. The van der Waals surface area contributed by atoms with E-state index in [2.05, 4.69) is 33.1 Å². The van der Waals surface area contributed by atoms with E-state index in [-0.39, 0.29) is 5.69 Å². The maximum atomic E-state index is 10.5. The molecule has 1 aromatic carbocycles. The number of hydrogen-bond donors (Lipinski definition) is 1. The molecule has 1 heterocycles. The van der Waals surface area contributed by atoms with Crippen molar-refractivity contribution in [2.75, 3.05) is 5.43 Å². The summed E-state index contributed by atoms with van der Waals surface area (Å²) < 4.78 is 6.06. The van der Waals surface area contributed by atoms with Gasteiger partial charge in [0.1, 0.15) is 5.76 Å². The third-order valence-electron chi connectivity index (χ3n) is 2.06. The van der Waals surface area contributed by atoms with Gasteiger partial charge in [-0.05, 0) is 46.9 Å². The molecular weight excluding hydrogens is 349 g/mol. The minimum Gasteiger partial charge on any atom is -0.449 e. The van der Waals surface area contributed by atoms with Gasteiger partial charge < -0.3 is 4.42 Å². The van der Waals surface area contributed by atoms with E-state index in [1.807, 2.05) is 6.07 Å². The monoisotopic (exact) mass is 357 g/mol. The molecule has 0 unspecified atom stereocenters. The van der Waals surface area contributed by atoms with Crippen molar-refractivity contribution in [3.63, 3.8) is 0 Å². The van der Waals surface area contributed by atoms with Gasteiger partial charge in [-0.15, -0.1) is 0 Å². The number of halogens is 1. The minimum absolute atomic E-state index is 0.0464. The summed E-state index contributed by atoms with van der Waals surface area (Å²) >= 11 is 2.06. The topological polar surface area (TPSA) is 80.7 Å². The molecule has 0 fully saturated rings. The van der Waals surface area contributed by atoms with Crippen LogP contribution in [0.3, 0.4) is 0 Å². The van der Waals surface area contributed by atoms with Crippen LogP contribution in [0.1, 0.15) is 5.76 Å². The maximum absolute atomic E-state index is 10.5. The molecule has 0 bridgehead atoms. The van der Waals surface area contributed by atoms with E-state index in [0.29, 0.717) is 11.4 Å². The quantitative estimate of drug-likeness (QED) is 0.394. The predicted octanol–water partition coefficient (Wildman–Crippen LogP) is 3.24. The molecule has 2 rings (SSSR count). The molecule has 18 heavy (non-hydrogen) atoms. The smallest absolute Gasteiger partial charge is 0.269 e. The fourth-order valence-corrected chi connectivity index (χ4v) is 1.66. The zero-order chi connectivity index (χ0) is 13.0. The van der Waals surface area contributed by atoms with Crippen LogP contribution in [0.5, 0.6) is 0 Å². The van der Waals surface area contributed by atoms with Gasteiger partial charge in [-0.25, -0.2) is 0 Å². The Balaban J connectivity index is 1.98. The van der Waals surface area contributed by atoms with Crippen molar-refractivity contribution in [1.82, 2.24) is 0 Å². The maximum Gasteiger partial charge on any atom is 0.269 e. The Morgan fingerprint density at radius 2 is 2.00 bits per heavy atom. The van der Waals surface area contributed by atoms with E-state index in [9.17, 15) is 10.1 Å². The van der Waals surface area contributed by atoms with E-state index < -0.39 is 4.92 Å². The third kappa shape index (κ3) is 3.29. The first-order chi connectivity index (χ1) is 8.65. The summed E-state index contributed by atoms with van der Waals surface area (Å²) in [4.78, 5) is 10.0. The van der Waals surface area contributed by atoms with E-state index >= 15 is 0 Å². The van der Waals surface area contributed by atoms with E-state index in [1.165, 1.54) is 18.3 Å². The predicted molar refractivity (Wildman–Crippen MR) is 75.7 cm³/mol. The van der Waals surface area contributed by atoms with Gasteiger partial charge in [0.25, 0.3) is 5.69 Å². The molecule has 1 aromatic heterocycles. The van der Waals surface area contributed by atoms with Crippen LogP contribution in [-0.2, 0) is 0 Å². The van der Waals surface area contributed by atoms with Crippen LogP contribution in [-0.4, -0.2) is 11.1 Å². The first-order valence-corrected chi connectivity index (χ1v) is 6.02. The van der Waals surface area contributed by atoms with E-state index in [4.69, 9.17) is 4.42 Å². The SMILES string of the molecule is O=[N+]([O-])c1ccc(N/N=C\c2ccc(I)o2)cc1. The van der Waals surface area contributed by atoms with Crippen LogP contribution >= 0.6 is 22.6 Å². The summed E-state index contributed by atoms with van der Waals surface area (Å²) in [6.45, 7) is 0. The molecular formula is C11H8IN3O3. The molecule has 0 aliphatic rings. The highest BCUT2D eigenvalue weighted by Gasteiger charge is 2.02. The van der Waals surface area contributed by atoms with Crippen LogP contribution in [0.25, 0.3) is 0 Å².